The first-order valence-electron chi connectivity index (χ1n) is 5.46. The molecule has 1 heterocycles. The molecule has 0 radical (unpaired) electrons. The maximum Gasteiger partial charge on any atom is 0.401 e. The molecule has 1 rings (SSSR count). The lowest BCUT2D eigenvalue weighted by molar-refractivity contribution is -0.151. The van der Waals surface area contributed by atoms with Crippen LogP contribution in [0.1, 0.15) is 26.7 Å². The molecule has 0 aromatic heterocycles. The number of nitrogens with one attached hydrogen (secondary N) is 1. The molecule has 2 atom stereocenters. The van der Waals surface area contributed by atoms with Gasteiger partial charge in [-0.2, -0.15) is 13.2 Å². The number of piperidine rings is 1. The molecule has 0 amide bonds. The van der Waals surface area contributed by atoms with Crippen LogP contribution < -0.4 is 5.32 Å². The Labute approximate surface area is 88.8 Å². The summed E-state index contributed by atoms with van der Waals surface area (Å²) in [6.45, 7) is 4.32. The lowest BCUT2D eigenvalue weighted by Crippen LogP contribution is -2.49. The molecule has 1 aliphatic heterocycles. The van der Waals surface area contributed by atoms with E-state index in [2.05, 4.69) is 5.32 Å². The third-order valence-electron chi connectivity index (χ3n) is 2.90. The predicted octanol–water partition coefficient (Wildman–Crippen LogP) is 2.01. The van der Waals surface area contributed by atoms with Crippen LogP contribution in [0.25, 0.3) is 0 Å². The van der Waals surface area contributed by atoms with Crippen molar-refractivity contribution in [1.29, 1.82) is 0 Å². The standard InChI is InChI=1S/C10H19F3N2/c1-3-15(7-10(11,12)13)9-4-5-14-8(2)6-9/h8-9,14H,3-7H2,1-2H3. The van der Waals surface area contributed by atoms with Gasteiger partial charge in [0.1, 0.15) is 0 Å². The van der Waals surface area contributed by atoms with Crippen LogP contribution in [0.5, 0.6) is 0 Å². The summed E-state index contributed by atoms with van der Waals surface area (Å²) in [6, 6.07) is 0.402. The van der Waals surface area contributed by atoms with Crippen LogP contribution in [0.2, 0.25) is 0 Å². The van der Waals surface area contributed by atoms with Crippen molar-refractivity contribution in [1.82, 2.24) is 10.2 Å². The van der Waals surface area contributed by atoms with Crippen LogP contribution in [0, 0.1) is 0 Å². The van der Waals surface area contributed by atoms with Crippen LogP contribution in [-0.2, 0) is 0 Å². The Morgan fingerprint density at radius 1 is 1.40 bits per heavy atom. The summed E-state index contributed by atoms with van der Waals surface area (Å²) in [7, 11) is 0. The second-order valence-corrected chi connectivity index (χ2v) is 4.21. The van der Waals surface area contributed by atoms with Gasteiger partial charge < -0.3 is 5.32 Å². The molecule has 15 heavy (non-hydrogen) atoms. The van der Waals surface area contributed by atoms with Gasteiger partial charge in [0.25, 0.3) is 0 Å². The van der Waals surface area contributed by atoms with E-state index in [-0.39, 0.29) is 6.04 Å². The maximum absolute atomic E-state index is 12.3. The van der Waals surface area contributed by atoms with E-state index in [4.69, 9.17) is 0 Å². The summed E-state index contributed by atoms with van der Waals surface area (Å²) in [5, 5.41) is 3.25. The van der Waals surface area contributed by atoms with Crippen molar-refractivity contribution in [2.45, 2.75) is 44.9 Å². The minimum atomic E-state index is -4.08. The fourth-order valence-corrected chi connectivity index (χ4v) is 2.17. The third-order valence-corrected chi connectivity index (χ3v) is 2.90. The molecule has 1 fully saturated rings. The lowest BCUT2D eigenvalue weighted by Gasteiger charge is -2.36. The number of alkyl halides is 3. The Bertz CT molecular complexity index is 194. The molecule has 0 aromatic rings. The molecule has 0 bridgehead atoms. The summed E-state index contributed by atoms with van der Waals surface area (Å²) in [5.41, 5.74) is 0. The van der Waals surface area contributed by atoms with Crippen molar-refractivity contribution in [3.05, 3.63) is 0 Å². The van der Waals surface area contributed by atoms with Crippen molar-refractivity contribution in [2.75, 3.05) is 19.6 Å². The zero-order valence-electron chi connectivity index (χ0n) is 9.27. The van der Waals surface area contributed by atoms with Gasteiger partial charge >= 0.3 is 6.18 Å². The number of hydrogen-bond acceptors (Lipinski definition) is 2. The largest absolute Gasteiger partial charge is 0.401 e. The predicted molar refractivity (Wildman–Crippen MR) is 53.8 cm³/mol. The minimum absolute atomic E-state index is 0.0767. The molecule has 0 saturated carbocycles. The highest BCUT2D eigenvalue weighted by Crippen LogP contribution is 2.22. The quantitative estimate of drug-likeness (QED) is 0.789. The van der Waals surface area contributed by atoms with Gasteiger partial charge in [-0.15, -0.1) is 0 Å². The average Bonchev–Trinajstić information content (AvgIpc) is 2.13. The molecule has 1 saturated heterocycles. The van der Waals surface area contributed by atoms with Gasteiger partial charge in [0.05, 0.1) is 6.54 Å². The smallest absolute Gasteiger partial charge is 0.314 e. The van der Waals surface area contributed by atoms with E-state index >= 15 is 0 Å². The Balaban J connectivity index is 2.50. The molecule has 1 N–H and O–H groups in total. The molecule has 0 aliphatic carbocycles. The monoisotopic (exact) mass is 224 g/mol. The van der Waals surface area contributed by atoms with Gasteiger partial charge in [-0.05, 0) is 32.9 Å². The zero-order chi connectivity index (χ0) is 11.5. The topological polar surface area (TPSA) is 15.3 Å². The van der Waals surface area contributed by atoms with Gasteiger partial charge in [0, 0.05) is 12.1 Å². The van der Waals surface area contributed by atoms with Crippen LogP contribution in [0.3, 0.4) is 0 Å². The average molecular weight is 224 g/mol. The van der Waals surface area contributed by atoms with E-state index in [1.54, 1.807) is 6.92 Å². The highest BCUT2D eigenvalue weighted by molar-refractivity contribution is 4.82. The molecule has 1 aliphatic rings. The molecular formula is C10H19F3N2. The summed E-state index contributed by atoms with van der Waals surface area (Å²) in [6.07, 6.45) is -2.46. The number of nitrogens with zero attached hydrogens (tertiary/aromatic N) is 1. The number of rotatable bonds is 3. The molecule has 0 aromatic carbocycles. The van der Waals surface area contributed by atoms with Crippen molar-refractivity contribution in [3.63, 3.8) is 0 Å². The summed E-state index contributed by atoms with van der Waals surface area (Å²) < 4.78 is 36.9. The summed E-state index contributed by atoms with van der Waals surface area (Å²) in [5.74, 6) is 0. The molecule has 90 valence electrons. The number of hydrogen-bond donors (Lipinski definition) is 1. The Hall–Kier alpha value is -0.290. The molecule has 2 nitrogen and oxygen atoms in total. The second kappa shape index (κ2) is 5.16. The van der Waals surface area contributed by atoms with E-state index in [0.29, 0.717) is 12.6 Å². The molecule has 0 spiro atoms. The Morgan fingerprint density at radius 3 is 2.53 bits per heavy atom. The van der Waals surface area contributed by atoms with Gasteiger partial charge in [-0.25, -0.2) is 0 Å². The van der Waals surface area contributed by atoms with E-state index < -0.39 is 12.7 Å². The van der Waals surface area contributed by atoms with Crippen LogP contribution in [0.4, 0.5) is 13.2 Å². The first-order valence-corrected chi connectivity index (χ1v) is 5.46. The summed E-state index contributed by atoms with van der Waals surface area (Å²) >= 11 is 0. The van der Waals surface area contributed by atoms with Crippen molar-refractivity contribution in [3.8, 4) is 0 Å². The first-order chi connectivity index (χ1) is 6.92. The van der Waals surface area contributed by atoms with Crippen molar-refractivity contribution < 1.29 is 13.2 Å². The van der Waals surface area contributed by atoms with E-state index in [1.807, 2.05) is 6.92 Å². The second-order valence-electron chi connectivity index (χ2n) is 4.21. The molecule has 5 heteroatoms. The van der Waals surface area contributed by atoms with Crippen molar-refractivity contribution >= 4 is 0 Å². The van der Waals surface area contributed by atoms with Gasteiger partial charge in [0.2, 0.25) is 0 Å². The fourth-order valence-electron chi connectivity index (χ4n) is 2.17. The van der Waals surface area contributed by atoms with E-state index in [0.717, 1.165) is 19.4 Å². The van der Waals surface area contributed by atoms with E-state index in [9.17, 15) is 13.2 Å². The van der Waals surface area contributed by atoms with Crippen molar-refractivity contribution in [2.24, 2.45) is 0 Å². The Kier molecular flexibility index (Phi) is 4.40. The SMILES string of the molecule is CCN(CC(F)(F)F)C1CCNC(C)C1. The van der Waals surface area contributed by atoms with Crippen LogP contribution >= 0.6 is 0 Å². The van der Waals surface area contributed by atoms with Crippen LogP contribution in [-0.4, -0.2) is 42.8 Å². The third kappa shape index (κ3) is 4.38. The van der Waals surface area contributed by atoms with Gasteiger partial charge in [-0.3, -0.25) is 4.90 Å². The van der Waals surface area contributed by atoms with Gasteiger partial charge in [0.15, 0.2) is 0 Å². The molecule has 2 unspecified atom stereocenters. The fraction of sp³-hybridized carbons (Fsp3) is 1.00. The first kappa shape index (κ1) is 12.8. The normalized spacial score (nSPS) is 28.4. The zero-order valence-corrected chi connectivity index (χ0v) is 9.27. The number of halogens is 3. The van der Waals surface area contributed by atoms with Crippen LogP contribution in [0.15, 0.2) is 0 Å². The Morgan fingerprint density at radius 2 is 2.07 bits per heavy atom. The summed E-state index contributed by atoms with van der Waals surface area (Å²) in [4.78, 5) is 1.54. The maximum atomic E-state index is 12.3. The highest BCUT2D eigenvalue weighted by atomic mass is 19.4. The lowest BCUT2D eigenvalue weighted by atomic mass is 9.99. The van der Waals surface area contributed by atoms with E-state index in [1.165, 1.54) is 4.90 Å². The minimum Gasteiger partial charge on any atom is -0.314 e. The molecular weight excluding hydrogens is 205 g/mol. The highest BCUT2D eigenvalue weighted by Gasteiger charge is 2.34. The van der Waals surface area contributed by atoms with Gasteiger partial charge in [-0.1, -0.05) is 6.92 Å².